The van der Waals surface area contributed by atoms with Crippen LogP contribution in [0.4, 0.5) is 11.4 Å². The third kappa shape index (κ3) is 4.10. The van der Waals surface area contributed by atoms with Crippen molar-refractivity contribution in [3.63, 3.8) is 0 Å². The van der Waals surface area contributed by atoms with E-state index in [1.165, 1.54) is 6.26 Å². The molecule has 0 bridgehead atoms. The van der Waals surface area contributed by atoms with Gasteiger partial charge in [-0.1, -0.05) is 12.2 Å². The fourth-order valence-electron chi connectivity index (χ4n) is 2.55. The summed E-state index contributed by atoms with van der Waals surface area (Å²) in [5, 5.41) is 5.60. The van der Waals surface area contributed by atoms with Crippen LogP contribution in [0.2, 0.25) is 0 Å². The van der Waals surface area contributed by atoms with Crippen LogP contribution in [0, 0.1) is 5.92 Å². The van der Waals surface area contributed by atoms with E-state index >= 15 is 0 Å². The maximum Gasteiger partial charge on any atom is 0.291 e. The lowest BCUT2D eigenvalue weighted by atomic mass is 10.1. The van der Waals surface area contributed by atoms with Gasteiger partial charge in [0.2, 0.25) is 5.91 Å². The number of carbonyl (C=O) groups excluding carboxylic acids is 2. The Bertz CT molecular complexity index is 702. The van der Waals surface area contributed by atoms with Crippen LogP contribution in [0.3, 0.4) is 0 Å². The molecule has 118 valence electrons. The van der Waals surface area contributed by atoms with Gasteiger partial charge in [-0.15, -0.1) is 0 Å². The minimum Gasteiger partial charge on any atom is -0.459 e. The number of furan rings is 1. The molecule has 0 aliphatic heterocycles. The first-order valence-electron chi connectivity index (χ1n) is 7.62. The van der Waals surface area contributed by atoms with Crippen LogP contribution in [-0.4, -0.2) is 11.8 Å². The Morgan fingerprint density at radius 3 is 2.43 bits per heavy atom. The van der Waals surface area contributed by atoms with E-state index in [2.05, 4.69) is 22.8 Å². The third-order valence-electron chi connectivity index (χ3n) is 3.73. The minimum absolute atomic E-state index is 0.00826. The van der Waals surface area contributed by atoms with E-state index in [-0.39, 0.29) is 17.6 Å². The Labute approximate surface area is 134 Å². The van der Waals surface area contributed by atoms with Crippen LogP contribution < -0.4 is 10.6 Å². The molecule has 3 rings (SSSR count). The molecule has 2 aromatic rings. The van der Waals surface area contributed by atoms with E-state index in [0.717, 1.165) is 12.8 Å². The summed E-state index contributed by atoms with van der Waals surface area (Å²) in [6, 6.07) is 10.3. The Morgan fingerprint density at radius 1 is 1.09 bits per heavy atom. The summed E-state index contributed by atoms with van der Waals surface area (Å²) in [6.45, 7) is 0. The van der Waals surface area contributed by atoms with E-state index in [0.29, 0.717) is 23.7 Å². The average molecular weight is 310 g/mol. The largest absolute Gasteiger partial charge is 0.459 e. The zero-order chi connectivity index (χ0) is 16.1. The van der Waals surface area contributed by atoms with Crippen molar-refractivity contribution in [3.8, 4) is 0 Å². The van der Waals surface area contributed by atoms with Crippen LogP contribution in [0.25, 0.3) is 0 Å². The second-order valence-corrected chi connectivity index (χ2v) is 5.53. The number of carbonyl (C=O) groups is 2. The molecule has 0 saturated carbocycles. The molecule has 23 heavy (non-hydrogen) atoms. The molecule has 2 N–H and O–H groups in total. The Morgan fingerprint density at radius 2 is 1.83 bits per heavy atom. The van der Waals surface area contributed by atoms with E-state index in [4.69, 9.17) is 4.42 Å². The monoisotopic (exact) mass is 310 g/mol. The number of rotatable bonds is 5. The highest BCUT2D eigenvalue weighted by atomic mass is 16.3. The van der Waals surface area contributed by atoms with Crippen molar-refractivity contribution < 1.29 is 14.0 Å². The summed E-state index contributed by atoms with van der Waals surface area (Å²) in [5.74, 6) is 0.308. The summed E-state index contributed by atoms with van der Waals surface area (Å²) in [4.78, 5) is 23.8. The molecular weight excluding hydrogens is 292 g/mol. The van der Waals surface area contributed by atoms with Crippen LogP contribution in [0.1, 0.15) is 29.8 Å². The van der Waals surface area contributed by atoms with Gasteiger partial charge in [-0.05, 0) is 55.2 Å². The molecule has 1 aromatic carbocycles. The summed E-state index contributed by atoms with van der Waals surface area (Å²) >= 11 is 0. The Kier molecular flexibility index (Phi) is 4.57. The van der Waals surface area contributed by atoms with Gasteiger partial charge in [0.25, 0.3) is 5.91 Å². The van der Waals surface area contributed by atoms with Crippen LogP contribution in [0.5, 0.6) is 0 Å². The van der Waals surface area contributed by atoms with Crippen molar-refractivity contribution in [2.45, 2.75) is 19.3 Å². The molecule has 0 fully saturated rings. The molecule has 5 nitrogen and oxygen atoms in total. The molecule has 1 heterocycles. The standard InChI is InChI=1S/C18H18N2O3/c21-17(12-13-4-1-2-5-13)19-14-7-9-15(10-8-14)20-18(22)16-6-3-11-23-16/h1,3-4,6-11,13H,2,5,12H2,(H,19,21)(H,20,22). The molecule has 1 aromatic heterocycles. The normalized spacial score (nSPS) is 16.3. The van der Waals surface area contributed by atoms with Crippen LogP contribution in [0.15, 0.2) is 59.2 Å². The van der Waals surface area contributed by atoms with Crippen molar-refractivity contribution in [3.05, 3.63) is 60.6 Å². The minimum atomic E-state index is -0.306. The molecule has 0 radical (unpaired) electrons. The van der Waals surface area contributed by atoms with E-state index in [1.807, 2.05) is 0 Å². The predicted octanol–water partition coefficient (Wildman–Crippen LogP) is 3.83. The first-order valence-corrected chi connectivity index (χ1v) is 7.62. The molecule has 1 aliphatic carbocycles. The van der Waals surface area contributed by atoms with E-state index in [9.17, 15) is 9.59 Å². The van der Waals surface area contributed by atoms with E-state index in [1.54, 1.807) is 36.4 Å². The Hall–Kier alpha value is -2.82. The average Bonchev–Trinajstić information content (AvgIpc) is 3.22. The quantitative estimate of drug-likeness (QED) is 0.825. The number of nitrogens with one attached hydrogen (secondary N) is 2. The number of hydrogen-bond acceptors (Lipinski definition) is 3. The summed E-state index contributed by atoms with van der Waals surface area (Å²) in [5.41, 5.74) is 1.36. The lowest BCUT2D eigenvalue weighted by molar-refractivity contribution is -0.116. The van der Waals surface area contributed by atoms with Gasteiger partial charge in [-0.2, -0.15) is 0 Å². The molecule has 0 spiro atoms. The van der Waals surface area contributed by atoms with Crippen molar-refractivity contribution in [2.75, 3.05) is 10.6 Å². The van der Waals surface area contributed by atoms with Crippen LogP contribution in [-0.2, 0) is 4.79 Å². The fraction of sp³-hybridized carbons (Fsp3) is 0.222. The smallest absolute Gasteiger partial charge is 0.291 e. The number of hydrogen-bond donors (Lipinski definition) is 2. The highest BCUT2D eigenvalue weighted by Gasteiger charge is 2.14. The van der Waals surface area contributed by atoms with Crippen molar-refractivity contribution in [1.29, 1.82) is 0 Å². The van der Waals surface area contributed by atoms with Gasteiger partial charge in [-0.3, -0.25) is 9.59 Å². The topological polar surface area (TPSA) is 71.3 Å². The molecule has 1 atom stereocenters. The van der Waals surface area contributed by atoms with Gasteiger partial charge in [0.15, 0.2) is 5.76 Å². The maximum atomic E-state index is 12.0. The predicted molar refractivity (Wildman–Crippen MR) is 88.2 cm³/mol. The zero-order valence-electron chi connectivity index (χ0n) is 12.6. The first kappa shape index (κ1) is 15.1. The molecule has 0 saturated heterocycles. The van der Waals surface area contributed by atoms with Crippen molar-refractivity contribution in [1.82, 2.24) is 0 Å². The van der Waals surface area contributed by atoms with Gasteiger partial charge < -0.3 is 15.1 Å². The molecule has 1 unspecified atom stereocenters. The number of anilines is 2. The SMILES string of the molecule is O=C(CC1C=CCC1)Nc1ccc(NC(=O)c2ccco2)cc1. The van der Waals surface area contributed by atoms with Crippen LogP contribution >= 0.6 is 0 Å². The van der Waals surface area contributed by atoms with Gasteiger partial charge in [0.1, 0.15) is 0 Å². The van der Waals surface area contributed by atoms with Gasteiger partial charge >= 0.3 is 0 Å². The zero-order valence-corrected chi connectivity index (χ0v) is 12.6. The maximum absolute atomic E-state index is 12.0. The Balaban J connectivity index is 1.53. The third-order valence-corrected chi connectivity index (χ3v) is 3.73. The van der Waals surface area contributed by atoms with Crippen molar-refractivity contribution >= 4 is 23.2 Å². The summed E-state index contributed by atoms with van der Waals surface area (Å²) in [6.07, 6.45) is 8.29. The highest BCUT2D eigenvalue weighted by Crippen LogP contribution is 2.21. The summed E-state index contributed by atoms with van der Waals surface area (Å²) in [7, 11) is 0. The first-order chi connectivity index (χ1) is 11.2. The molecule has 5 heteroatoms. The lowest BCUT2D eigenvalue weighted by Gasteiger charge is -2.09. The van der Waals surface area contributed by atoms with Gasteiger partial charge in [-0.25, -0.2) is 0 Å². The van der Waals surface area contributed by atoms with Gasteiger partial charge in [0, 0.05) is 17.8 Å². The molecule has 2 amide bonds. The fourth-order valence-corrected chi connectivity index (χ4v) is 2.55. The second-order valence-electron chi connectivity index (χ2n) is 5.53. The van der Waals surface area contributed by atoms with Crippen molar-refractivity contribution in [2.24, 2.45) is 5.92 Å². The number of allylic oxidation sites excluding steroid dienone is 2. The van der Waals surface area contributed by atoms with E-state index < -0.39 is 0 Å². The number of benzene rings is 1. The number of amides is 2. The molecular formula is C18H18N2O3. The lowest BCUT2D eigenvalue weighted by Crippen LogP contribution is -2.15. The molecule has 1 aliphatic rings. The second kappa shape index (κ2) is 6.96. The summed E-state index contributed by atoms with van der Waals surface area (Å²) < 4.78 is 5.03. The van der Waals surface area contributed by atoms with Gasteiger partial charge in [0.05, 0.1) is 6.26 Å². The highest BCUT2D eigenvalue weighted by molar-refractivity contribution is 6.02.